The maximum atomic E-state index is 12.2. The summed E-state index contributed by atoms with van der Waals surface area (Å²) in [5, 5.41) is 4.45. The molecule has 4 rings (SSSR count). The molecule has 4 heterocycles. The van der Waals surface area contributed by atoms with E-state index in [1.165, 1.54) is 18.4 Å². The fraction of sp³-hybridized carbons (Fsp3) is 0.550. The lowest BCUT2D eigenvalue weighted by Gasteiger charge is -2.32. The molecule has 144 valence electrons. The normalized spacial score (nSPS) is 20.9. The number of H-pyrrole nitrogens is 1. The van der Waals surface area contributed by atoms with E-state index in [4.69, 9.17) is 4.98 Å². The van der Waals surface area contributed by atoms with Gasteiger partial charge in [-0.3, -0.25) is 14.7 Å². The van der Waals surface area contributed by atoms with Gasteiger partial charge in [-0.2, -0.15) is 5.10 Å². The van der Waals surface area contributed by atoms with Crippen LogP contribution in [0, 0.1) is 6.92 Å². The van der Waals surface area contributed by atoms with Gasteiger partial charge in [0.1, 0.15) is 0 Å². The molecule has 7 heteroatoms. The summed E-state index contributed by atoms with van der Waals surface area (Å²) < 4.78 is 1.77. The third kappa shape index (κ3) is 3.98. The molecule has 2 aromatic heterocycles. The van der Waals surface area contributed by atoms with Crippen molar-refractivity contribution in [2.45, 2.75) is 45.1 Å². The largest absolute Gasteiger partial charge is 0.342 e. The van der Waals surface area contributed by atoms with Crippen LogP contribution in [-0.2, 0) is 6.54 Å². The first-order valence-electron chi connectivity index (χ1n) is 9.88. The van der Waals surface area contributed by atoms with Crippen LogP contribution in [0.3, 0.4) is 0 Å². The molecular weight excluding hydrogens is 340 g/mol. The number of likely N-dealkylation sites (tertiary alicyclic amines) is 1. The van der Waals surface area contributed by atoms with Crippen molar-refractivity contribution < 1.29 is 0 Å². The Morgan fingerprint density at radius 2 is 2.11 bits per heavy atom. The van der Waals surface area contributed by atoms with E-state index in [1.54, 1.807) is 16.9 Å². The van der Waals surface area contributed by atoms with Crippen molar-refractivity contribution in [1.29, 1.82) is 0 Å². The van der Waals surface area contributed by atoms with Crippen molar-refractivity contribution in [1.82, 2.24) is 24.6 Å². The zero-order chi connectivity index (χ0) is 18.8. The van der Waals surface area contributed by atoms with Gasteiger partial charge in [0.2, 0.25) is 5.95 Å². The number of aryl methyl sites for hydroxylation is 1. The molecule has 2 aromatic rings. The smallest absolute Gasteiger partial charge is 0.252 e. The Balaban J connectivity index is 1.50. The van der Waals surface area contributed by atoms with E-state index in [0.29, 0.717) is 5.92 Å². The molecule has 2 saturated heterocycles. The summed E-state index contributed by atoms with van der Waals surface area (Å²) in [5.74, 6) is 1.05. The van der Waals surface area contributed by atoms with E-state index in [1.807, 2.05) is 13.1 Å². The van der Waals surface area contributed by atoms with Gasteiger partial charge in [0.15, 0.2) is 0 Å². The van der Waals surface area contributed by atoms with E-state index in [0.717, 1.165) is 62.9 Å². The van der Waals surface area contributed by atoms with E-state index in [2.05, 4.69) is 26.5 Å². The highest BCUT2D eigenvalue weighted by molar-refractivity contribution is 5.32. The number of piperidine rings is 1. The van der Waals surface area contributed by atoms with Gasteiger partial charge in [0, 0.05) is 56.1 Å². The molecule has 0 bridgehead atoms. The minimum absolute atomic E-state index is 0.0397. The second kappa shape index (κ2) is 7.68. The second-order valence-corrected chi connectivity index (χ2v) is 7.66. The van der Waals surface area contributed by atoms with Gasteiger partial charge in [0.25, 0.3) is 5.56 Å². The van der Waals surface area contributed by atoms with Crippen molar-refractivity contribution in [3.05, 3.63) is 46.1 Å². The monoisotopic (exact) mass is 368 g/mol. The van der Waals surface area contributed by atoms with E-state index >= 15 is 0 Å². The molecule has 0 amide bonds. The Hall–Kier alpha value is -2.41. The topological polar surface area (TPSA) is 70.1 Å². The predicted octanol–water partition coefficient (Wildman–Crippen LogP) is 2.36. The minimum atomic E-state index is -0.0397. The second-order valence-electron chi connectivity index (χ2n) is 7.66. The van der Waals surface area contributed by atoms with E-state index < -0.39 is 0 Å². The summed E-state index contributed by atoms with van der Waals surface area (Å²) >= 11 is 0. The standard InChI is InChI=1S/C20H28N6O/c1-3-26-14-17(15(2)23-26)13-24-8-6-7-16(12-24)18-11-19(27)22-20(21-18)25-9-4-5-10-25/h3,11,14,16H,1,4-10,12-13H2,2H3,(H,21,22,27). The van der Waals surface area contributed by atoms with Crippen LogP contribution in [0.15, 0.2) is 23.6 Å². The van der Waals surface area contributed by atoms with Gasteiger partial charge in [-0.15, -0.1) is 0 Å². The summed E-state index contributed by atoms with van der Waals surface area (Å²) in [6.45, 7) is 10.6. The lowest BCUT2D eigenvalue weighted by atomic mass is 9.94. The zero-order valence-electron chi connectivity index (χ0n) is 16.0. The Morgan fingerprint density at radius 1 is 1.30 bits per heavy atom. The molecule has 1 N–H and O–H groups in total. The number of aromatic amines is 1. The van der Waals surface area contributed by atoms with Crippen LogP contribution in [0.1, 0.15) is 48.6 Å². The number of nitrogens with zero attached hydrogens (tertiary/aromatic N) is 5. The van der Waals surface area contributed by atoms with Crippen LogP contribution in [0.5, 0.6) is 0 Å². The lowest BCUT2D eigenvalue weighted by Crippen LogP contribution is -2.35. The number of rotatable bonds is 5. The molecule has 2 aliphatic rings. The van der Waals surface area contributed by atoms with Gasteiger partial charge < -0.3 is 4.90 Å². The quantitative estimate of drug-likeness (QED) is 0.877. The summed E-state index contributed by atoms with van der Waals surface area (Å²) in [7, 11) is 0. The fourth-order valence-electron chi connectivity index (χ4n) is 4.20. The first-order valence-corrected chi connectivity index (χ1v) is 9.88. The van der Waals surface area contributed by atoms with Crippen molar-refractivity contribution in [2.75, 3.05) is 31.1 Å². The Morgan fingerprint density at radius 3 is 2.85 bits per heavy atom. The summed E-state index contributed by atoms with van der Waals surface area (Å²) in [4.78, 5) is 24.6. The molecule has 0 radical (unpaired) electrons. The predicted molar refractivity (Wildman–Crippen MR) is 107 cm³/mol. The van der Waals surface area contributed by atoms with Crippen LogP contribution in [0.2, 0.25) is 0 Å². The Labute approximate surface area is 159 Å². The van der Waals surface area contributed by atoms with E-state index in [-0.39, 0.29) is 5.56 Å². The summed E-state index contributed by atoms with van der Waals surface area (Å²) in [6.07, 6.45) is 8.30. The zero-order valence-corrected chi connectivity index (χ0v) is 16.0. The molecule has 1 unspecified atom stereocenters. The number of hydrogen-bond donors (Lipinski definition) is 1. The maximum absolute atomic E-state index is 12.2. The average molecular weight is 368 g/mol. The molecule has 0 aliphatic carbocycles. The van der Waals surface area contributed by atoms with Crippen molar-refractivity contribution in [3.63, 3.8) is 0 Å². The summed E-state index contributed by atoms with van der Waals surface area (Å²) in [6, 6.07) is 1.69. The lowest BCUT2D eigenvalue weighted by molar-refractivity contribution is 0.198. The van der Waals surface area contributed by atoms with Crippen LogP contribution in [-0.4, -0.2) is 50.8 Å². The highest BCUT2D eigenvalue weighted by atomic mass is 16.1. The van der Waals surface area contributed by atoms with Crippen LogP contribution < -0.4 is 10.5 Å². The van der Waals surface area contributed by atoms with Crippen molar-refractivity contribution >= 4 is 12.1 Å². The first-order chi connectivity index (χ1) is 13.1. The minimum Gasteiger partial charge on any atom is -0.342 e. The van der Waals surface area contributed by atoms with Crippen molar-refractivity contribution in [3.8, 4) is 0 Å². The molecule has 0 aromatic carbocycles. The highest BCUT2D eigenvalue weighted by Crippen LogP contribution is 2.27. The molecule has 2 aliphatic heterocycles. The first kappa shape index (κ1) is 18.0. The molecule has 1 atom stereocenters. The molecular formula is C20H28N6O. The van der Waals surface area contributed by atoms with Gasteiger partial charge >= 0.3 is 0 Å². The number of anilines is 1. The number of aromatic nitrogens is 4. The van der Waals surface area contributed by atoms with Crippen molar-refractivity contribution in [2.24, 2.45) is 0 Å². The highest BCUT2D eigenvalue weighted by Gasteiger charge is 2.25. The molecule has 7 nitrogen and oxygen atoms in total. The molecule has 27 heavy (non-hydrogen) atoms. The Bertz CT molecular complexity index is 864. The average Bonchev–Trinajstić information content (AvgIpc) is 3.32. The number of nitrogens with one attached hydrogen (secondary N) is 1. The van der Waals surface area contributed by atoms with Crippen LogP contribution in [0.25, 0.3) is 6.20 Å². The van der Waals surface area contributed by atoms with Gasteiger partial charge in [-0.05, 0) is 39.2 Å². The SMILES string of the molecule is C=Cn1cc(CN2CCCC(c3cc(=O)[nH]c(N4CCCC4)n3)C2)c(C)n1. The number of hydrogen-bond acceptors (Lipinski definition) is 5. The van der Waals surface area contributed by atoms with E-state index in [9.17, 15) is 4.79 Å². The molecule has 0 spiro atoms. The molecule has 0 saturated carbocycles. The van der Waals surface area contributed by atoms with Crippen LogP contribution in [0.4, 0.5) is 5.95 Å². The summed E-state index contributed by atoms with van der Waals surface area (Å²) in [5.41, 5.74) is 3.17. The van der Waals surface area contributed by atoms with Gasteiger partial charge in [0.05, 0.1) is 11.4 Å². The fourth-order valence-corrected chi connectivity index (χ4v) is 4.20. The maximum Gasteiger partial charge on any atom is 0.252 e. The van der Waals surface area contributed by atoms with Crippen LogP contribution >= 0.6 is 0 Å². The third-order valence-electron chi connectivity index (χ3n) is 5.68. The van der Waals surface area contributed by atoms with Gasteiger partial charge in [-0.25, -0.2) is 9.67 Å². The Kier molecular flexibility index (Phi) is 5.11. The van der Waals surface area contributed by atoms with Gasteiger partial charge in [-0.1, -0.05) is 6.58 Å². The molecule has 2 fully saturated rings. The third-order valence-corrected chi connectivity index (χ3v) is 5.68.